The largest absolute Gasteiger partial charge is 0.508 e. The first-order valence-corrected chi connectivity index (χ1v) is 9.74. The molecular weight excluding hydrogens is 370 g/mol. The number of hydrogen-bond acceptors (Lipinski definition) is 4. The van der Waals surface area contributed by atoms with Crippen LogP contribution in [0.1, 0.15) is 17.0 Å². The summed E-state index contributed by atoms with van der Waals surface area (Å²) in [7, 11) is 0. The summed E-state index contributed by atoms with van der Waals surface area (Å²) in [4.78, 5) is 18.3. The molecule has 0 amide bonds. The second-order valence-corrected chi connectivity index (χ2v) is 7.83. The third-order valence-electron chi connectivity index (χ3n) is 4.99. The zero-order valence-corrected chi connectivity index (χ0v) is 16.2. The number of phenolic OH excluding ortho intramolecular Hbond substituents is 1. The van der Waals surface area contributed by atoms with Gasteiger partial charge in [-0.2, -0.15) is 0 Å². The van der Waals surface area contributed by atoms with Crippen molar-refractivity contribution in [2.45, 2.75) is 13.8 Å². The summed E-state index contributed by atoms with van der Waals surface area (Å²) < 4.78 is 4.41. The van der Waals surface area contributed by atoms with E-state index in [2.05, 4.69) is 15.6 Å². The molecule has 1 N–H and O–H groups in total. The maximum Gasteiger partial charge on any atom is 0.274 e. The average molecular weight is 387 g/mol. The Morgan fingerprint density at radius 1 is 1.07 bits per heavy atom. The molecule has 0 spiro atoms. The smallest absolute Gasteiger partial charge is 0.274 e. The van der Waals surface area contributed by atoms with Crippen LogP contribution in [0.15, 0.2) is 59.4 Å². The first-order valence-electron chi connectivity index (χ1n) is 8.93. The normalized spacial score (nSPS) is 12.4. The van der Waals surface area contributed by atoms with Crippen LogP contribution in [0.3, 0.4) is 0 Å². The van der Waals surface area contributed by atoms with Gasteiger partial charge in [0.25, 0.3) is 5.56 Å². The van der Waals surface area contributed by atoms with Crippen molar-refractivity contribution in [3.63, 3.8) is 0 Å². The Hall–Kier alpha value is -3.38. The lowest BCUT2D eigenvalue weighted by Gasteiger charge is -2.09. The number of hydrogen-bond donors (Lipinski definition) is 1. The minimum Gasteiger partial charge on any atom is -0.508 e. The Morgan fingerprint density at radius 3 is 2.71 bits per heavy atom. The van der Waals surface area contributed by atoms with E-state index in [1.165, 1.54) is 11.3 Å². The lowest BCUT2D eigenvalue weighted by Crippen LogP contribution is -2.22. The van der Waals surface area contributed by atoms with Gasteiger partial charge in [0.05, 0.1) is 15.6 Å². The van der Waals surface area contributed by atoms with Crippen LogP contribution in [-0.2, 0) is 0 Å². The summed E-state index contributed by atoms with van der Waals surface area (Å²) in [6.07, 6.45) is 1.93. The van der Waals surface area contributed by atoms with Gasteiger partial charge in [0.1, 0.15) is 5.75 Å². The van der Waals surface area contributed by atoms with Crippen LogP contribution in [0.2, 0.25) is 0 Å². The molecule has 5 rings (SSSR count). The minimum absolute atomic E-state index is 0.0455. The van der Waals surface area contributed by atoms with E-state index in [0.717, 1.165) is 33.7 Å². The van der Waals surface area contributed by atoms with Gasteiger partial charge in [0.15, 0.2) is 4.96 Å². The fraction of sp³-hybridized carbons (Fsp3) is 0.0909. The van der Waals surface area contributed by atoms with Crippen LogP contribution < -0.4 is 10.1 Å². The van der Waals surface area contributed by atoms with Crippen LogP contribution >= 0.6 is 11.3 Å². The highest BCUT2D eigenvalue weighted by Crippen LogP contribution is 2.24. The van der Waals surface area contributed by atoms with Crippen LogP contribution in [0.25, 0.3) is 27.8 Å². The summed E-state index contributed by atoms with van der Waals surface area (Å²) in [6.45, 7) is 4.03. The molecule has 0 aliphatic rings. The maximum atomic E-state index is 13.0. The van der Waals surface area contributed by atoms with E-state index in [-0.39, 0.29) is 11.3 Å². The van der Waals surface area contributed by atoms with Crippen molar-refractivity contribution in [3.8, 4) is 11.4 Å². The predicted octanol–water partition coefficient (Wildman–Crippen LogP) is 3.57. The lowest BCUT2D eigenvalue weighted by atomic mass is 10.2. The molecule has 0 radical (unpaired) electrons. The molecule has 0 aliphatic carbocycles. The number of aryl methyl sites for hydroxylation is 1. The fourth-order valence-corrected chi connectivity index (χ4v) is 4.69. The third-order valence-corrected chi connectivity index (χ3v) is 5.96. The third kappa shape index (κ3) is 2.46. The molecule has 0 unspecified atom stereocenters. The Morgan fingerprint density at radius 2 is 1.89 bits per heavy atom. The fourth-order valence-electron chi connectivity index (χ4n) is 3.72. The molecule has 6 heteroatoms. The highest BCUT2D eigenvalue weighted by Gasteiger charge is 2.13. The SMILES string of the molecule is Cc1cc(C=c2sc3nc4ccccc4n3c2=O)c(C)n1-c1cccc(O)c1. The molecule has 3 aromatic heterocycles. The van der Waals surface area contributed by atoms with E-state index < -0.39 is 0 Å². The first-order chi connectivity index (χ1) is 13.5. The number of aromatic hydroxyl groups is 1. The van der Waals surface area contributed by atoms with Crippen molar-refractivity contribution in [2.75, 3.05) is 0 Å². The second kappa shape index (κ2) is 6.07. The summed E-state index contributed by atoms with van der Waals surface area (Å²) in [5, 5.41) is 9.81. The van der Waals surface area contributed by atoms with Crippen LogP contribution in [0.4, 0.5) is 0 Å². The lowest BCUT2D eigenvalue weighted by molar-refractivity contribution is 0.475. The monoisotopic (exact) mass is 387 g/mol. The zero-order chi connectivity index (χ0) is 19.4. The second-order valence-electron chi connectivity index (χ2n) is 6.82. The van der Waals surface area contributed by atoms with Gasteiger partial charge in [-0.25, -0.2) is 9.38 Å². The number of imidazole rings is 1. The standard InChI is InChI=1S/C22H17N3O2S/c1-13-10-15(14(2)24(13)16-6-5-7-17(26)12-16)11-20-21(27)25-19-9-4-3-8-18(19)23-22(25)28-20/h3-12,26H,1-2H3. The van der Waals surface area contributed by atoms with E-state index in [0.29, 0.717) is 9.49 Å². The van der Waals surface area contributed by atoms with Crippen molar-refractivity contribution < 1.29 is 5.11 Å². The van der Waals surface area contributed by atoms with Crippen molar-refractivity contribution >= 4 is 33.4 Å². The van der Waals surface area contributed by atoms with Crippen LogP contribution in [0, 0.1) is 13.8 Å². The molecule has 3 heterocycles. The molecule has 0 saturated carbocycles. The van der Waals surface area contributed by atoms with Gasteiger partial charge in [-0.05, 0) is 55.8 Å². The van der Waals surface area contributed by atoms with Crippen molar-refractivity contribution in [1.29, 1.82) is 0 Å². The summed E-state index contributed by atoms with van der Waals surface area (Å²) in [5.74, 6) is 0.226. The van der Waals surface area contributed by atoms with E-state index in [1.807, 2.05) is 56.3 Å². The van der Waals surface area contributed by atoms with E-state index in [4.69, 9.17) is 0 Å². The summed E-state index contributed by atoms with van der Waals surface area (Å²) >= 11 is 1.40. The summed E-state index contributed by atoms with van der Waals surface area (Å²) in [6, 6.07) is 16.9. The minimum atomic E-state index is -0.0455. The molecule has 0 atom stereocenters. The van der Waals surface area contributed by atoms with Crippen molar-refractivity contribution in [3.05, 3.63) is 86.4 Å². The van der Waals surface area contributed by atoms with Gasteiger partial charge < -0.3 is 9.67 Å². The molecule has 0 fully saturated rings. The predicted molar refractivity (Wildman–Crippen MR) is 113 cm³/mol. The van der Waals surface area contributed by atoms with Crippen LogP contribution in [0.5, 0.6) is 5.75 Å². The highest BCUT2D eigenvalue weighted by atomic mass is 32.1. The van der Waals surface area contributed by atoms with Gasteiger partial charge in [0, 0.05) is 23.1 Å². The molecular formula is C22H17N3O2S. The molecule has 0 aliphatic heterocycles. The number of thiazole rings is 1. The number of fused-ring (bicyclic) bond motifs is 3. The number of phenols is 1. The summed E-state index contributed by atoms with van der Waals surface area (Å²) in [5.41, 5.74) is 5.54. The first kappa shape index (κ1) is 16.8. The van der Waals surface area contributed by atoms with Gasteiger partial charge in [0.2, 0.25) is 0 Å². The maximum absolute atomic E-state index is 13.0. The van der Waals surface area contributed by atoms with Gasteiger partial charge in [-0.15, -0.1) is 0 Å². The molecule has 5 nitrogen and oxygen atoms in total. The highest BCUT2D eigenvalue weighted by molar-refractivity contribution is 7.15. The molecule has 2 aromatic carbocycles. The van der Waals surface area contributed by atoms with Crippen LogP contribution in [-0.4, -0.2) is 19.1 Å². The van der Waals surface area contributed by atoms with E-state index in [9.17, 15) is 9.90 Å². The van der Waals surface area contributed by atoms with E-state index in [1.54, 1.807) is 16.5 Å². The topological polar surface area (TPSA) is 59.5 Å². The number of aromatic nitrogens is 3. The number of benzene rings is 2. The number of para-hydroxylation sites is 2. The van der Waals surface area contributed by atoms with Crippen molar-refractivity contribution in [1.82, 2.24) is 14.0 Å². The van der Waals surface area contributed by atoms with E-state index >= 15 is 0 Å². The molecule has 5 aromatic rings. The average Bonchev–Trinajstić information content (AvgIpc) is 3.27. The molecule has 28 heavy (non-hydrogen) atoms. The molecule has 138 valence electrons. The van der Waals surface area contributed by atoms with Gasteiger partial charge in [-0.3, -0.25) is 4.79 Å². The Labute approximate surface area is 164 Å². The van der Waals surface area contributed by atoms with Crippen molar-refractivity contribution in [2.24, 2.45) is 0 Å². The molecule has 0 bridgehead atoms. The quantitative estimate of drug-likeness (QED) is 0.504. The molecule has 0 saturated heterocycles. The Kier molecular flexibility index (Phi) is 3.64. The number of rotatable bonds is 2. The Balaban J connectivity index is 1.71. The van der Waals surface area contributed by atoms with Gasteiger partial charge in [-0.1, -0.05) is 29.5 Å². The van der Waals surface area contributed by atoms with Gasteiger partial charge >= 0.3 is 0 Å². The zero-order valence-electron chi connectivity index (χ0n) is 15.4. The Bertz CT molecular complexity index is 1470. The number of nitrogens with zero attached hydrogens (tertiary/aromatic N) is 3.